The molecule has 2 rings (SSSR count). The van der Waals surface area contributed by atoms with Crippen molar-refractivity contribution in [3.63, 3.8) is 0 Å². The predicted molar refractivity (Wildman–Crippen MR) is 88.6 cm³/mol. The highest BCUT2D eigenvalue weighted by atomic mass is 79.9. The zero-order valence-electron chi connectivity index (χ0n) is 12.6. The van der Waals surface area contributed by atoms with Crippen LogP contribution in [0.3, 0.4) is 0 Å². The van der Waals surface area contributed by atoms with Gasteiger partial charge in [0.1, 0.15) is 10.8 Å². The Morgan fingerprint density at radius 2 is 1.74 bits per heavy atom. The normalized spacial score (nSPS) is 22.9. The summed E-state index contributed by atoms with van der Waals surface area (Å²) in [6.45, 7) is 0. The number of hydrogen-bond acceptors (Lipinski definition) is 2. The average Bonchev–Trinajstić information content (AvgIpc) is 2.52. The van der Waals surface area contributed by atoms with Crippen molar-refractivity contribution in [2.75, 3.05) is 0 Å². The number of aromatic nitrogens is 1. The Morgan fingerprint density at radius 3 is 2.26 bits per heavy atom. The maximum Gasteiger partial charge on any atom is 0.461 e. The Hall–Kier alpha value is -0.820. The molecule has 2 unspecified atom stereocenters. The number of hydrogen-bond donors (Lipinski definition) is 0. The second-order valence-electron chi connectivity index (χ2n) is 5.38. The van der Waals surface area contributed by atoms with Gasteiger partial charge in [0.15, 0.2) is 0 Å². The highest BCUT2D eigenvalue weighted by Crippen LogP contribution is 2.52. The fourth-order valence-corrected chi connectivity index (χ4v) is 5.59. The van der Waals surface area contributed by atoms with Gasteiger partial charge in [-0.25, -0.2) is 9.19 Å². The van der Waals surface area contributed by atoms with Crippen LogP contribution in [0.5, 0.6) is 0 Å². The van der Waals surface area contributed by atoms with Crippen LogP contribution in [-0.2, 0) is 15.1 Å². The molecule has 2 atom stereocenters. The molecule has 0 fully saturated rings. The van der Waals surface area contributed by atoms with E-state index in [-0.39, 0.29) is 16.5 Å². The Bertz CT molecular complexity index is 839. The summed E-state index contributed by atoms with van der Waals surface area (Å²) in [6, 6.07) is 2.49. The summed E-state index contributed by atoms with van der Waals surface area (Å²) in [7, 11) is -4.10. The van der Waals surface area contributed by atoms with Crippen LogP contribution in [0.15, 0.2) is 39.9 Å². The van der Waals surface area contributed by atoms with Gasteiger partial charge in [-0.3, -0.25) is 0 Å². The summed E-state index contributed by atoms with van der Waals surface area (Å²) >= 11 is 5.95. The second-order valence-corrected chi connectivity index (χ2v) is 9.33. The highest BCUT2D eigenvalue weighted by molar-refractivity contribution is 9.12. The van der Waals surface area contributed by atoms with Gasteiger partial charge in [-0.2, -0.15) is 35.1 Å². The van der Waals surface area contributed by atoms with E-state index in [1.54, 1.807) is 0 Å². The number of pyridine rings is 1. The topological polar surface area (TPSA) is 30.0 Å². The first kappa shape index (κ1) is 22.5. The number of halogens is 10. The van der Waals surface area contributed by atoms with Crippen LogP contribution in [-0.4, -0.2) is 26.5 Å². The smallest absolute Gasteiger partial charge is 0.248 e. The lowest BCUT2D eigenvalue weighted by molar-refractivity contribution is -0.331. The zero-order chi connectivity index (χ0) is 20.8. The predicted octanol–water partition coefficient (Wildman–Crippen LogP) is 5.92. The van der Waals surface area contributed by atoms with Gasteiger partial charge in [0.05, 0.1) is 4.32 Å². The van der Waals surface area contributed by atoms with Crippen LogP contribution in [0.25, 0.3) is 0 Å². The van der Waals surface area contributed by atoms with Crippen molar-refractivity contribution in [3.05, 3.63) is 51.4 Å². The molecular weight excluding hydrogens is 542 g/mol. The lowest BCUT2D eigenvalue weighted by atomic mass is 9.93. The fourth-order valence-electron chi connectivity index (χ4n) is 2.17. The lowest BCUT2D eigenvalue weighted by Crippen LogP contribution is -2.54. The van der Waals surface area contributed by atoms with Crippen molar-refractivity contribution in [1.29, 1.82) is 0 Å². The standard InChI is InChI=1S/C14H7Br2F8NOS/c15-7-4-8(27(26)14(23,24)12(18,19)13(20,21)22)6-11(16,5-7)9-2-1-3-25-10(9)17/h1-4,6H,5H2. The molecule has 1 aromatic rings. The van der Waals surface area contributed by atoms with Gasteiger partial charge >= 0.3 is 17.4 Å². The molecule has 0 saturated carbocycles. The molecule has 13 heteroatoms. The zero-order valence-corrected chi connectivity index (χ0v) is 16.6. The molecule has 0 saturated heterocycles. The molecular formula is C14H7Br2F8NOS. The quantitative estimate of drug-likeness (QED) is 0.266. The minimum atomic E-state index is -6.62. The highest BCUT2D eigenvalue weighted by Gasteiger charge is 2.76. The van der Waals surface area contributed by atoms with Gasteiger partial charge in [-0.05, 0) is 22.7 Å². The third-order valence-corrected chi connectivity index (χ3v) is 6.30. The molecule has 0 aliphatic heterocycles. The van der Waals surface area contributed by atoms with Crippen molar-refractivity contribution in [2.45, 2.75) is 28.1 Å². The third kappa shape index (κ3) is 4.00. The van der Waals surface area contributed by atoms with E-state index >= 15 is 0 Å². The summed E-state index contributed by atoms with van der Waals surface area (Å²) in [5, 5.41) is -5.96. The van der Waals surface area contributed by atoms with Crippen LogP contribution in [0.2, 0.25) is 0 Å². The Morgan fingerprint density at radius 1 is 1.15 bits per heavy atom. The maximum atomic E-state index is 14.0. The molecule has 1 aliphatic carbocycles. The first-order valence-electron chi connectivity index (χ1n) is 6.76. The molecule has 2 nitrogen and oxygen atoms in total. The van der Waals surface area contributed by atoms with Crippen LogP contribution >= 0.6 is 31.9 Å². The van der Waals surface area contributed by atoms with E-state index in [9.17, 15) is 39.3 Å². The summed E-state index contributed by atoms with van der Waals surface area (Å²) in [5.41, 5.74) is -0.213. The van der Waals surface area contributed by atoms with E-state index < -0.39 is 43.3 Å². The summed E-state index contributed by atoms with van der Waals surface area (Å²) in [5.74, 6) is -7.58. The molecule has 1 aromatic heterocycles. The van der Waals surface area contributed by atoms with Crippen molar-refractivity contribution < 1.29 is 39.3 Å². The second kappa shape index (κ2) is 7.21. The van der Waals surface area contributed by atoms with Crippen molar-refractivity contribution in [2.24, 2.45) is 0 Å². The molecule has 0 spiro atoms. The number of alkyl halides is 8. The minimum Gasteiger partial charge on any atom is -0.248 e. The molecule has 1 heterocycles. The largest absolute Gasteiger partial charge is 0.461 e. The van der Waals surface area contributed by atoms with E-state index in [1.165, 1.54) is 12.1 Å². The van der Waals surface area contributed by atoms with Gasteiger partial charge in [0, 0.05) is 23.1 Å². The monoisotopic (exact) mass is 547 g/mol. The van der Waals surface area contributed by atoms with E-state index in [0.29, 0.717) is 6.08 Å². The van der Waals surface area contributed by atoms with Gasteiger partial charge in [0.2, 0.25) is 5.95 Å². The molecule has 27 heavy (non-hydrogen) atoms. The van der Waals surface area contributed by atoms with Crippen molar-refractivity contribution in [1.82, 2.24) is 4.98 Å². The summed E-state index contributed by atoms with van der Waals surface area (Å²) in [6.07, 6.45) is -4.23. The number of nitrogens with zero attached hydrogens (tertiary/aromatic N) is 1. The number of allylic oxidation sites excluding steroid dienone is 3. The van der Waals surface area contributed by atoms with Crippen LogP contribution in [0, 0.1) is 5.95 Å². The van der Waals surface area contributed by atoms with Crippen molar-refractivity contribution in [3.8, 4) is 0 Å². The average molecular weight is 549 g/mol. The van der Waals surface area contributed by atoms with Crippen LogP contribution in [0.1, 0.15) is 12.0 Å². The first-order chi connectivity index (χ1) is 12.1. The Balaban J connectivity index is 2.55. The molecule has 1 aliphatic rings. The molecule has 0 radical (unpaired) electrons. The molecule has 0 N–H and O–H groups in total. The van der Waals surface area contributed by atoms with E-state index in [0.717, 1.165) is 12.3 Å². The van der Waals surface area contributed by atoms with Gasteiger partial charge in [0.25, 0.3) is 0 Å². The van der Waals surface area contributed by atoms with Crippen molar-refractivity contribution >= 4 is 42.7 Å². The van der Waals surface area contributed by atoms with Gasteiger partial charge in [-0.1, -0.05) is 37.9 Å². The molecule has 0 amide bonds. The Labute approximate surface area is 166 Å². The molecule has 0 bridgehead atoms. The molecule has 0 aromatic carbocycles. The van der Waals surface area contributed by atoms with E-state index in [4.69, 9.17) is 0 Å². The summed E-state index contributed by atoms with van der Waals surface area (Å²) in [4.78, 5) is 2.32. The van der Waals surface area contributed by atoms with Crippen LogP contribution < -0.4 is 0 Å². The Kier molecular flexibility index (Phi) is 6.00. The van der Waals surface area contributed by atoms with Crippen LogP contribution in [0.4, 0.5) is 35.1 Å². The summed E-state index contributed by atoms with van der Waals surface area (Å²) < 4.78 is 115. The first-order valence-corrected chi connectivity index (χ1v) is 9.50. The fraction of sp³-hybridized carbons (Fsp3) is 0.357. The van der Waals surface area contributed by atoms with E-state index in [1.807, 2.05) is 0 Å². The third-order valence-electron chi connectivity index (χ3n) is 3.47. The minimum absolute atomic E-state index is 0.0135. The van der Waals surface area contributed by atoms with Gasteiger partial charge in [-0.15, -0.1) is 0 Å². The lowest BCUT2D eigenvalue weighted by Gasteiger charge is -2.31. The maximum absolute atomic E-state index is 14.0. The van der Waals surface area contributed by atoms with Gasteiger partial charge < -0.3 is 0 Å². The molecule has 150 valence electrons. The number of rotatable bonds is 4. The van der Waals surface area contributed by atoms with E-state index in [2.05, 4.69) is 36.8 Å². The SMILES string of the molecule is O=S(C1=CC(Br)(c2cccnc2F)CC(Br)=C1)C(F)(F)C(F)(F)C(F)(F)F.